The number of hydrogen-bond acceptors (Lipinski definition) is 4. The Morgan fingerprint density at radius 2 is 2.23 bits per heavy atom. The highest BCUT2D eigenvalue weighted by atomic mass is 35.5. The van der Waals surface area contributed by atoms with Gasteiger partial charge in [0.25, 0.3) is 0 Å². The number of rotatable bonds is 2. The molecule has 0 aliphatic carbocycles. The van der Waals surface area contributed by atoms with E-state index in [0.717, 1.165) is 28.5 Å². The molecule has 0 N–H and O–H groups in total. The predicted molar refractivity (Wildman–Crippen MR) is 90.8 cm³/mol. The van der Waals surface area contributed by atoms with Crippen molar-refractivity contribution < 1.29 is 4.74 Å². The monoisotopic (exact) mass is 332 g/mol. The fraction of sp³-hybridized carbons (Fsp3) is 0.353. The lowest BCUT2D eigenvalue weighted by Gasteiger charge is -2.40. The normalized spacial score (nSPS) is 23.1. The van der Waals surface area contributed by atoms with Crippen LogP contribution in [0.5, 0.6) is 5.75 Å². The smallest absolute Gasteiger partial charge is 0.190 e. The van der Waals surface area contributed by atoms with Crippen LogP contribution in [-0.2, 0) is 0 Å². The molecule has 0 bridgehead atoms. The molecule has 2 aromatic rings. The maximum absolute atomic E-state index is 6.19. The van der Waals surface area contributed by atoms with Gasteiger partial charge in [-0.2, -0.15) is 5.10 Å². The molecule has 5 heteroatoms. The number of halogens is 1. The van der Waals surface area contributed by atoms with Gasteiger partial charge in [-0.25, -0.2) is 5.01 Å². The van der Waals surface area contributed by atoms with Crippen molar-refractivity contribution in [3.63, 3.8) is 0 Å². The number of benzene rings is 1. The van der Waals surface area contributed by atoms with Gasteiger partial charge in [0.1, 0.15) is 5.75 Å². The molecular weight excluding hydrogens is 316 g/mol. The summed E-state index contributed by atoms with van der Waals surface area (Å²) in [5.74, 6) is 1.30. The highest BCUT2D eigenvalue weighted by molar-refractivity contribution is 7.12. The van der Waals surface area contributed by atoms with Gasteiger partial charge in [-0.05, 0) is 29.6 Å². The number of ether oxygens (including phenoxy) is 1. The average molecular weight is 333 g/mol. The zero-order valence-electron chi connectivity index (χ0n) is 12.5. The van der Waals surface area contributed by atoms with Gasteiger partial charge in [0.05, 0.1) is 16.6 Å². The molecule has 114 valence electrons. The molecule has 3 nitrogen and oxygen atoms in total. The van der Waals surface area contributed by atoms with E-state index in [2.05, 4.69) is 36.4 Å². The summed E-state index contributed by atoms with van der Waals surface area (Å²) in [6, 6.07) is 10.3. The van der Waals surface area contributed by atoms with Crippen molar-refractivity contribution in [1.82, 2.24) is 5.01 Å². The average Bonchev–Trinajstić information content (AvgIpc) is 3.15. The Balaban J connectivity index is 1.78. The molecular formula is C17H17ClN2OS. The number of fused-ring (bicyclic) bond motifs is 3. The molecule has 2 aliphatic heterocycles. The highest BCUT2D eigenvalue weighted by Crippen LogP contribution is 2.45. The first-order chi connectivity index (χ1) is 10.6. The Bertz CT molecular complexity index is 726. The van der Waals surface area contributed by atoms with E-state index in [1.165, 1.54) is 4.88 Å². The summed E-state index contributed by atoms with van der Waals surface area (Å²) in [5.41, 5.74) is 2.28. The van der Waals surface area contributed by atoms with Gasteiger partial charge in [-0.15, -0.1) is 11.3 Å². The summed E-state index contributed by atoms with van der Waals surface area (Å²) in [7, 11) is 0. The van der Waals surface area contributed by atoms with Crippen LogP contribution in [0, 0.1) is 5.92 Å². The van der Waals surface area contributed by atoms with Crippen LogP contribution in [0.1, 0.15) is 36.8 Å². The van der Waals surface area contributed by atoms with E-state index in [-0.39, 0.29) is 12.3 Å². The van der Waals surface area contributed by atoms with Crippen LogP contribution >= 0.6 is 22.9 Å². The third-order valence-electron chi connectivity index (χ3n) is 4.16. The first kappa shape index (κ1) is 14.1. The van der Waals surface area contributed by atoms with E-state index >= 15 is 0 Å². The third-order valence-corrected chi connectivity index (χ3v) is 5.31. The Labute approximate surface area is 139 Å². The van der Waals surface area contributed by atoms with Gasteiger partial charge in [-0.3, -0.25) is 0 Å². The minimum Gasteiger partial charge on any atom is -0.468 e. The first-order valence-corrected chi connectivity index (χ1v) is 8.75. The second-order valence-corrected chi connectivity index (χ2v) is 7.44. The van der Waals surface area contributed by atoms with Gasteiger partial charge < -0.3 is 4.74 Å². The molecule has 0 unspecified atom stereocenters. The van der Waals surface area contributed by atoms with Crippen molar-refractivity contribution in [2.24, 2.45) is 11.0 Å². The lowest BCUT2D eigenvalue weighted by atomic mass is 9.97. The van der Waals surface area contributed by atoms with E-state index in [1.54, 1.807) is 11.3 Å². The molecule has 1 aromatic heterocycles. The van der Waals surface area contributed by atoms with Crippen LogP contribution in [0.3, 0.4) is 0 Å². The van der Waals surface area contributed by atoms with E-state index < -0.39 is 0 Å². The molecule has 0 saturated heterocycles. The van der Waals surface area contributed by atoms with Crippen molar-refractivity contribution in [3.05, 3.63) is 51.2 Å². The summed E-state index contributed by atoms with van der Waals surface area (Å²) in [6.07, 6.45) is 0.872. The minimum absolute atomic E-state index is 0.0314. The van der Waals surface area contributed by atoms with Crippen LogP contribution < -0.4 is 4.74 Å². The second-order valence-electron chi connectivity index (χ2n) is 6.06. The quantitative estimate of drug-likeness (QED) is 0.779. The number of thiophene rings is 1. The Kier molecular flexibility index (Phi) is 3.39. The van der Waals surface area contributed by atoms with Gasteiger partial charge in [0, 0.05) is 22.9 Å². The molecule has 22 heavy (non-hydrogen) atoms. The third kappa shape index (κ3) is 2.22. The predicted octanol–water partition coefficient (Wildman–Crippen LogP) is 4.93. The van der Waals surface area contributed by atoms with Crippen molar-refractivity contribution in [3.8, 4) is 5.75 Å². The van der Waals surface area contributed by atoms with Crippen molar-refractivity contribution >= 4 is 28.6 Å². The summed E-state index contributed by atoms with van der Waals surface area (Å²) in [4.78, 5) is 1.24. The maximum Gasteiger partial charge on any atom is 0.190 e. The van der Waals surface area contributed by atoms with E-state index in [0.29, 0.717) is 5.92 Å². The number of nitrogens with zero attached hydrogens (tertiary/aromatic N) is 2. The number of hydrogen-bond donors (Lipinski definition) is 0. The summed E-state index contributed by atoms with van der Waals surface area (Å²) in [5, 5.41) is 9.84. The molecule has 0 spiro atoms. The van der Waals surface area contributed by atoms with Crippen LogP contribution in [0.15, 0.2) is 40.8 Å². The molecule has 0 radical (unpaired) electrons. The van der Waals surface area contributed by atoms with Gasteiger partial charge in [-0.1, -0.05) is 31.5 Å². The molecule has 1 aromatic carbocycles. The van der Waals surface area contributed by atoms with Gasteiger partial charge in [0.15, 0.2) is 6.23 Å². The number of hydrazone groups is 1. The van der Waals surface area contributed by atoms with Gasteiger partial charge >= 0.3 is 0 Å². The van der Waals surface area contributed by atoms with E-state index in [1.807, 2.05) is 18.2 Å². The zero-order valence-corrected chi connectivity index (χ0v) is 14.1. The molecule has 2 aliphatic rings. The Morgan fingerprint density at radius 3 is 2.95 bits per heavy atom. The Morgan fingerprint density at radius 1 is 1.36 bits per heavy atom. The molecule has 0 saturated carbocycles. The fourth-order valence-corrected chi connectivity index (χ4v) is 4.02. The SMILES string of the molecule is CC(C)[C@H]1Oc2ccc(Cl)cc2[C@@H]2CC(c3cccs3)=NN12. The highest BCUT2D eigenvalue weighted by Gasteiger charge is 2.41. The maximum atomic E-state index is 6.19. The van der Waals surface area contributed by atoms with Gasteiger partial charge in [0.2, 0.25) is 0 Å². The second kappa shape index (κ2) is 5.28. The van der Waals surface area contributed by atoms with Crippen molar-refractivity contribution in [2.45, 2.75) is 32.5 Å². The minimum atomic E-state index is -0.0314. The van der Waals surface area contributed by atoms with Crippen LogP contribution in [0.25, 0.3) is 0 Å². The fourth-order valence-electron chi connectivity index (χ4n) is 3.12. The van der Waals surface area contributed by atoms with E-state index in [4.69, 9.17) is 21.4 Å². The molecule has 2 atom stereocenters. The van der Waals surface area contributed by atoms with Crippen molar-refractivity contribution in [1.29, 1.82) is 0 Å². The summed E-state index contributed by atoms with van der Waals surface area (Å²) in [6.45, 7) is 4.34. The van der Waals surface area contributed by atoms with Crippen LogP contribution in [0.2, 0.25) is 5.02 Å². The molecule has 0 amide bonds. The van der Waals surface area contributed by atoms with Crippen LogP contribution in [-0.4, -0.2) is 16.9 Å². The van der Waals surface area contributed by atoms with Crippen molar-refractivity contribution in [2.75, 3.05) is 0 Å². The first-order valence-electron chi connectivity index (χ1n) is 7.49. The molecule has 0 fully saturated rings. The standard InChI is InChI=1S/C17H17ClN2OS/c1-10(2)17-20-14(9-13(19-20)16-4-3-7-22-16)12-8-11(18)5-6-15(12)21-17/h3-8,10,14,17H,9H2,1-2H3/t14-,17+/m0/s1. The molecule has 3 heterocycles. The summed E-state index contributed by atoms with van der Waals surface area (Å²) < 4.78 is 6.19. The largest absolute Gasteiger partial charge is 0.468 e. The Hall–Kier alpha value is -1.52. The lowest BCUT2D eigenvalue weighted by Crippen LogP contribution is -2.43. The molecule has 4 rings (SSSR count). The summed E-state index contributed by atoms with van der Waals surface area (Å²) >= 11 is 7.93. The van der Waals surface area contributed by atoms with E-state index in [9.17, 15) is 0 Å². The van der Waals surface area contributed by atoms with Crippen LogP contribution in [0.4, 0.5) is 0 Å². The topological polar surface area (TPSA) is 24.8 Å². The lowest BCUT2D eigenvalue weighted by molar-refractivity contribution is -0.0461. The zero-order chi connectivity index (χ0) is 15.3.